The van der Waals surface area contributed by atoms with Crippen molar-refractivity contribution in [1.82, 2.24) is 5.32 Å². The zero-order chi connectivity index (χ0) is 19.9. The van der Waals surface area contributed by atoms with E-state index in [-0.39, 0.29) is 0 Å². The van der Waals surface area contributed by atoms with E-state index in [1.165, 1.54) is 25.9 Å². The summed E-state index contributed by atoms with van der Waals surface area (Å²) in [5, 5.41) is 3.34. The molecule has 1 fully saturated rings. The lowest BCUT2D eigenvalue weighted by molar-refractivity contribution is 0.259. The molecule has 0 unspecified atom stereocenters. The first-order chi connectivity index (χ1) is 12.8. The normalized spacial score (nSPS) is 16.3. The van der Waals surface area contributed by atoms with Crippen molar-refractivity contribution < 1.29 is 8.42 Å². The van der Waals surface area contributed by atoms with E-state index in [0.29, 0.717) is 15.2 Å². The highest BCUT2D eigenvalue weighted by Gasteiger charge is 2.20. The van der Waals surface area contributed by atoms with Crippen LogP contribution in [0, 0.1) is 12.3 Å². The summed E-state index contributed by atoms with van der Waals surface area (Å²) >= 11 is 0. The summed E-state index contributed by atoms with van der Waals surface area (Å²) in [6.45, 7) is 11.2. The van der Waals surface area contributed by atoms with Crippen molar-refractivity contribution in [1.29, 1.82) is 0 Å². The van der Waals surface area contributed by atoms with Crippen molar-refractivity contribution >= 4 is 9.84 Å². The molecule has 1 aliphatic heterocycles. The molecular formula is C23H33NO2S. The monoisotopic (exact) mass is 387 g/mol. The standard InChI is InChI=1S/C16H18O2S.C7H15N/c1-3-7-14-12-16(11-10-13(14)2)19(17,18)15-8-5-4-6-9-15;1-7(2)3-5-8-6-4-7/h4-6,8-12H,3,7H2,1-2H3;8H,3-6H2,1-2H3. The molecule has 0 saturated carbocycles. The largest absolute Gasteiger partial charge is 0.317 e. The van der Waals surface area contributed by atoms with Crippen molar-refractivity contribution in [2.24, 2.45) is 5.41 Å². The highest BCUT2D eigenvalue weighted by Crippen LogP contribution is 2.26. The van der Waals surface area contributed by atoms with E-state index >= 15 is 0 Å². The minimum Gasteiger partial charge on any atom is -0.317 e. The minimum absolute atomic E-state index is 0.348. The summed E-state index contributed by atoms with van der Waals surface area (Å²) < 4.78 is 25.0. The van der Waals surface area contributed by atoms with E-state index in [4.69, 9.17) is 0 Å². The molecule has 1 heterocycles. The lowest BCUT2D eigenvalue weighted by Crippen LogP contribution is -2.32. The van der Waals surface area contributed by atoms with Crippen molar-refractivity contribution in [3.05, 3.63) is 59.7 Å². The highest BCUT2D eigenvalue weighted by atomic mass is 32.2. The summed E-state index contributed by atoms with van der Waals surface area (Å²) in [7, 11) is -3.40. The number of sulfone groups is 1. The molecule has 27 heavy (non-hydrogen) atoms. The molecule has 0 atom stereocenters. The van der Waals surface area contributed by atoms with Crippen molar-refractivity contribution in [2.45, 2.75) is 63.2 Å². The van der Waals surface area contributed by atoms with E-state index in [2.05, 4.69) is 26.1 Å². The number of hydrogen-bond donors (Lipinski definition) is 1. The number of hydrogen-bond acceptors (Lipinski definition) is 3. The second-order valence-electron chi connectivity index (χ2n) is 8.07. The van der Waals surface area contributed by atoms with Crippen LogP contribution in [0.1, 0.15) is 51.2 Å². The number of piperidine rings is 1. The zero-order valence-electron chi connectivity index (χ0n) is 17.1. The molecule has 2 aromatic rings. The van der Waals surface area contributed by atoms with Crippen LogP contribution in [0.15, 0.2) is 58.3 Å². The van der Waals surface area contributed by atoms with Crippen LogP contribution in [0.2, 0.25) is 0 Å². The molecule has 0 aromatic heterocycles. The van der Waals surface area contributed by atoms with E-state index in [9.17, 15) is 8.42 Å². The summed E-state index contributed by atoms with van der Waals surface area (Å²) in [4.78, 5) is 0.731. The SMILES string of the molecule is CC1(C)CCNCC1.CCCc1cc(S(=O)(=O)c2ccccc2)ccc1C. The maximum absolute atomic E-state index is 12.5. The van der Waals surface area contributed by atoms with Crippen LogP contribution in [0.25, 0.3) is 0 Å². The van der Waals surface area contributed by atoms with Gasteiger partial charge in [-0.2, -0.15) is 0 Å². The molecule has 0 aliphatic carbocycles. The van der Waals surface area contributed by atoms with Gasteiger partial charge in [-0.1, -0.05) is 51.5 Å². The van der Waals surface area contributed by atoms with Gasteiger partial charge in [-0.05, 0) is 80.1 Å². The van der Waals surface area contributed by atoms with Gasteiger partial charge in [0, 0.05) is 0 Å². The van der Waals surface area contributed by atoms with Gasteiger partial charge in [0.15, 0.2) is 0 Å². The molecule has 1 N–H and O–H groups in total. The van der Waals surface area contributed by atoms with Gasteiger partial charge in [-0.3, -0.25) is 0 Å². The van der Waals surface area contributed by atoms with Crippen LogP contribution in [-0.2, 0) is 16.3 Å². The molecule has 1 aliphatic rings. The molecule has 4 heteroatoms. The van der Waals surface area contributed by atoms with E-state index in [0.717, 1.165) is 24.0 Å². The fourth-order valence-corrected chi connectivity index (χ4v) is 4.53. The number of nitrogens with one attached hydrogen (secondary N) is 1. The number of rotatable bonds is 4. The topological polar surface area (TPSA) is 46.2 Å². The zero-order valence-corrected chi connectivity index (χ0v) is 17.9. The van der Waals surface area contributed by atoms with Crippen LogP contribution in [0.3, 0.4) is 0 Å². The van der Waals surface area contributed by atoms with Crippen LogP contribution in [-0.4, -0.2) is 21.5 Å². The first-order valence-electron chi connectivity index (χ1n) is 9.87. The first-order valence-corrected chi connectivity index (χ1v) is 11.3. The second kappa shape index (κ2) is 9.52. The average molecular weight is 388 g/mol. The lowest BCUT2D eigenvalue weighted by atomic mass is 9.83. The third-order valence-electron chi connectivity index (χ3n) is 5.16. The summed E-state index contributed by atoms with van der Waals surface area (Å²) in [5.74, 6) is 0. The molecule has 3 rings (SSSR count). The predicted octanol–water partition coefficient (Wildman–Crippen LogP) is 5.18. The lowest BCUT2D eigenvalue weighted by Gasteiger charge is -2.29. The Morgan fingerprint density at radius 1 is 0.963 bits per heavy atom. The molecule has 0 spiro atoms. The maximum Gasteiger partial charge on any atom is 0.206 e. The van der Waals surface area contributed by atoms with Gasteiger partial charge >= 0.3 is 0 Å². The van der Waals surface area contributed by atoms with Crippen molar-refractivity contribution in [3.8, 4) is 0 Å². The second-order valence-corrected chi connectivity index (χ2v) is 10.0. The smallest absolute Gasteiger partial charge is 0.206 e. The number of benzene rings is 2. The molecule has 2 aromatic carbocycles. The molecule has 0 amide bonds. The van der Waals surface area contributed by atoms with Crippen LogP contribution < -0.4 is 5.32 Å². The fourth-order valence-electron chi connectivity index (χ4n) is 3.19. The van der Waals surface area contributed by atoms with Crippen molar-refractivity contribution in [3.63, 3.8) is 0 Å². The van der Waals surface area contributed by atoms with Gasteiger partial charge in [0.1, 0.15) is 0 Å². The van der Waals surface area contributed by atoms with Crippen molar-refractivity contribution in [2.75, 3.05) is 13.1 Å². The maximum atomic E-state index is 12.5. The highest BCUT2D eigenvalue weighted by molar-refractivity contribution is 7.91. The Morgan fingerprint density at radius 3 is 2.11 bits per heavy atom. The summed E-state index contributed by atoms with van der Waals surface area (Å²) in [6.07, 6.45) is 4.60. The average Bonchev–Trinajstić information content (AvgIpc) is 2.64. The molecule has 0 bridgehead atoms. The van der Waals surface area contributed by atoms with E-state index in [1.807, 2.05) is 19.1 Å². The quantitative estimate of drug-likeness (QED) is 0.786. The molecule has 3 nitrogen and oxygen atoms in total. The Hall–Kier alpha value is -1.65. The Balaban J connectivity index is 0.000000273. The molecular weight excluding hydrogens is 354 g/mol. The van der Waals surface area contributed by atoms with Gasteiger partial charge in [-0.25, -0.2) is 8.42 Å². The third-order valence-corrected chi connectivity index (χ3v) is 6.93. The van der Waals surface area contributed by atoms with E-state index in [1.54, 1.807) is 36.4 Å². The Labute approximate surface area is 165 Å². The third kappa shape index (κ3) is 6.18. The van der Waals surface area contributed by atoms with Gasteiger partial charge in [0.25, 0.3) is 0 Å². The van der Waals surface area contributed by atoms with Crippen LogP contribution in [0.4, 0.5) is 0 Å². The fraction of sp³-hybridized carbons (Fsp3) is 0.478. The van der Waals surface area contributed by atoms with Crippen LogP contribution >= 0.6 is 0 Å². The Kier molecular flexibility index (Phi) is 7.63. The van der Waals surface area contributed by atoms with Gasteiger partial charge in [-0.15, -0.1) is 0 Å². The summed E-state index contributed by atoms with van der Waals surface area (Å²) in [5.41, 5.74) is 2.87. The number of aryl methyl sites for hydroxylation is 2. The predicted molar refractivity (Wildman–Crippen MR) is 113 cm³/mol. The van der Waals surface area contributed by atoms with Gasteiger partial charge in [0.2, 0.25) is 9.84 Å². The van der Waals surface area contributed by atoms with E-state index < -0.39 is 9.84 Å². The first kappa shape index (κ1) is 21.6. The van der Waals surface area contributed by atoms with Crippen LogP contribution in [0.5, 0.6) is 0 Å². The molecule has 0 radical (unpaired) electrons. The van der Waals surface area contributed by atoms with Gasteiger partial charge < -0.3 is 5.32 Å². The Bertz CT molecular complexity index is 819. The van der Waals surface area contributed by atoms with Gasteiger partial charge in [0.05, 0.1) is 9.79 Å². The summed E-state index contributed by atoms with van der Waals surface area (Å²) in [6, 6.07) is 14.0. The molecule has 148 valence electrons. The Morgan fingerprint density at radius 2 is 1.59 bits per heavy atom. The molecule has 1 saturated heterocycles. The minimum atomic E-state index is -3.40.